The van der Waals surface area contributed by atoms with Gasteiger partial charge in [0, 0.05) is 0 Å². The zero-order chi connectivity index (χ0) is 6.81. The summed E-state index contributed by atoms with van der Waals surface area (Å²) in [6.07, 6.45) is 1.48. The molecule has 0 radical (unpaired) electrons. The van der Waals surface area contributed by atoms with Crippen LogP contribution in [0.5, 0.6) is 0 Å². The van der Waals surface area contributed by atoms with Crippen molar-refractivity contribution in [1.82, 2.24) is 0 Å². The average molecular weight is 141 g/mol. The SMILES string of the molecule is C1=[O+]COC2=COCOC=12. The first-order valence-corrected chi connectivity index (χ1v) is 2.79. The van der Waals surface area contributed by atoms with Crippen LogP contribution in [0.4, 0.5) is 0 Å². The highest BCUT2D eigenvalue weighted by Crippen LogP contribution is 2.16. The molecule has 0 bridgehead atoms. The zero-order valence-corrected chi connectivity index (χ0v) is 5.12. The number of hydrogen-bond donors (Lipinski definition) is 0. The Hall–Kier alpha value is -1.41. The molecule has 0 unspecified atom stereocenters. The molecule has 0 amide bonds. The van der Waals surface area contributed by atoms with E-state index < -0.39 is 0 Å². The second-order valence-electron chi connectivity index (χ2n) is 1.75. The molecule has 2 aliphatic rings. The minimum Gasteiger partial charge on any atom is -0.461 e. The number of fused-ring (bicyclic) bond motifs is 1. The minimum atomic E-state index is 0.169. The Labute approximate surface area is 57.0 Å². The first-order valence-electron chi connectivity index (χ1n) is 2.79. The van der Waals surface area contributed by atoms with E-state index in [-0.39, 0.29) is 13.6 Å². The molecule has 0 atom stereocenters. The van der Waals surface area contributed by atoms with Gasteiger partial charge in [-0.05, 0) is 0 Å². The third kappa shape index (κ3) is 0.748. The van der Waals surface area contributed by atoms with Crippen molar-refractivity contribution in [3.63, 3.8) is 0 Å². The Morgan fingerprint density at radius 1 is 1.50 bits per heavy atom. The maximum atomic E-state index is 4.97. The zero-order valence-electron chi connectivity index (χ0n) is 5.12. The Bertz CT molecular complexity index is 234. The van der Waals surface area contributed by atoms with Gasteiger partial charge in [-0.3, -0.25) is 0 Å². The standard InChI is InChI=1S/C6H5O4/c1-5-6(10-3-7-1)2-8-4-9-5/h1H,3-4H2/q+1. The van der Waals surface area contributed by atoms with Crippen molar-refractivity contribution < 1.29 is 18.6 Å². The van der Waals surface area contributed by atoms with Crippen molar-refractivity contribution in [2.45, 2.75) is 0 Å². The lowest BCUT2D eigenvalue weighted by atomic mass is 10.4. The van der Waals surface area contributed by atoms with Crippen LogP contribution < -0.4 is 0 Å². The Morgan fingerprint density at radius 3 is 3.40 bits per heavy atom. The van der Waals surface area contributed by atoms with Crippen molar-refractivity contribution >= 4 is 5.94 Å². The van der Waals surface area contributed by atoms with Crippen LogP contribution >= 0.6 is 0 Å². The number of carbonyl (C=O) groups excluding carboxylic acids is 1. The third-order valence-corrected chi connectivity index (χ3v) is 1.12. The fourth-order valence-corrected chi connectivity index (χ4v) is 0.695. The van der Waals surface area contributed by atoms with Gasteiger partial charge in [-0.1, -0.05) is 0 Å². The van der Waals surface area contributed by atoms with Gasteiger partial charge < -0.3 is 14.2 Å². The molecule has 0 aromatic rings. The average Bonchev–Trinajstić information content (AvgIpc) is 2.05. The van der Waals surface area contributed by atoms with E-state index in [4.69, 9.17) is 18.6 Å². The van der Waals surface area contributed by atoms with Crippen LogP contribution in [-0.2, 0) is 18.6 Å². The van der Waals surface area contributed by atoms with Crippen molar-refractivity contribution in [3.8, 4) is 0 Å². The predicted molar refractivity (Wildman–Crippen MR) is 30.3 cm³/mol. The second-order valence-corrected chi connectivity index (χ2v) is 1.75. The van der Waals surface area contributed by atoms with Crippen LogP contribution in [0.1, 0.15) is 0 Å². The van der Waals surface area contributed by atoms with E-state index >= 15 is 0 Å². The molecular formula is C6H5O4+. The third-order valence-electron chi connectivity index (χ3n) is 1.12. The Kier molecular flexibility index (Phi) is 1.12. The molecule has 2 heterocycles. The van der Waals surface area contributed by atoms with Gasteiger partial charge in [-0.15, -0.1) is 0 Å². The lowest BCUT2D eigenvalue weighted by Gasteiger charge is -2.13. The summed E-state index contributed by atoms with van der Waals surface area (Å²) >= 11 is 0. The van der Waals surface area contributed by atoms with Gasteiger partial charge in [0.25, 0.3) is 0 Å². The van der Waals surface area contributed by atoms with Gasteiger partial charge in [0.05, 0.1) is 0 Å². The molecular weight excluding hydrogens is 136 g/mol. The second kappa shape index (κ2) is 2.08. The van der Waals surface area contributed by atoms with E-state index in [2.05, 4.69) is 5.94 Å². The molecule has 4 nitrogen and oxygen atoms in total. The van der Waals surface area contributed by atoms with Crippen LogP contribution in [0.15, 0.2) is 17.8 Å². The maximum absolute atomic E-state index is 4.97. The molecule has 2 rings (SSSR count). The molecule has 10 heavy (non-hydrogen) atoms. The highest BCUT2D eigenvalue weighted by molar-refractivity contribution is 5.57. The molecule has 4 heteroatoms. The number of ether oxygens (including phenoxy) is 3. The molecule has 0 spiro atoms. The first-order chi connectivity index (χ1) is 4.97. The van der Waals surface area contributed by atoms with Gasteiger partial charge in [0.15, 0.2) is 0 Å². The lowest BCUT2D eigenvalue weighted by Crippen LogP contribution is -2.13. The van der Waals surface area contributed by atoms with Crippen molar-refractivity contribution in [2.24, 2.45) is 0 Å². The fraction of sp³-hybridized carbons (Fsp3) is 0.333. The highest BCUT2D eigenvalue weighted by Gasteiger charge is 2.22. The summed E-state index contributed by atoms with van der Waals surface area (Å²) in [6.45, 7) is 0.362. The molecule has 2 aliphatic heterocycles. The summed E-state index contributed by atoms with van der Waals surface area (Å²) in [5, 5.41) is 0. The monoisotopic (exact) mass is 141 g/mol. The van der Waals surface area contributed by atoms with Crippen LogP contribution in [-0.4, -0.2) is 19.5 Å². The van der Waals surface area contributed by atoms with Crippen molar-refractivity contribution in [1.29, 1.82) is 0 Å². The van der Waals surface area contributed by atoms with Crippen LogP contribution in [0.25, 0.3) is 0 Å². The van der Waals surface area contributed by atoms with Gasteiger partial charge in [0.1, 0.15) is 6.26 Å². The molecule has 52 valence electrons. The summed E-state index contributed by atoms with van der Waals surface area (Å²) in [5.74, 6) is 3.55. The van der Waals surface area contributed by atoms with Gasteiger partial charge in [-0.2, -0.15) is 4.42 Å². The fourth-order valence-electron chi connectivity index (χ4n) is 0.695. The van der Waals surface area contributed by atoms with Gasteiger partial charge in [0.2, 0.25) is 12.6 Å². The number of hydrogen-bond acceptors (Lipinski definition) is 3. The van der Waals surface area contributed by atoms with E-state index in [0.29, 0.717) is 11.5 Å². The normalized spacial score (nSPS) is 20.8. The first kappa shape index (κ1) is 5.38. The lowest BCUT2D eigenvalue weighted by molar-refractivity contribution is -0.0920. The maximum Gasteiger partial charge on any atom is 0.424 e. The van der Waals surface area contributed by atoms with Crippen LogP contribution in [0, 0.1) is 0 Å². The summed E-state index contributed by atoms with van der Waals surface area (Å²) in [7, 11) is 0. The summed E-state index contributed by atoms with van der Waals surface area (Å²) < 4.78 is 19.4. The highest BCUT2D eigenvalue weighted by atomic mass is 16.7. The molecule has 0 aliphatic carbocycles. The van der Waals surface area contributed by atoms with Crippen molar-refractivity contribution in [2.75, 3.05) is 13.6 Å². The Morgan fingerprint density at radius 2 is 2.50 bits per heavy atom. The summed E-state index contributed by atoms with van der Waals surface area (Å²) in [5.41, 5.74) is 0. The molecule has 0 saturated carbocycles. The smallest absolute Gasteiger partial charge is 0.424 e. The van der Waals surface area contributed by atoms with E-state index in [9.17, 15) is 0 Å². The Balaban J connectivity index is 2.39. The molecule has 0 fully saturated rings. The molecule has 0 aromatic carbocycles. The quantitative estimate of drug-likeness (QED) is 0.354. The largest absolute Gasteiger partial charge is 0.461 e. The summed E-state index contributed by atoms with van der Waals surface area (Å²) in [6, 6.07) is 0. The van der Waals surface area contributed by atoms with E-state index in [1.165, 1.54) is 6.26 Å². The summed E-state index contributed by atoms with van der Waals surface area (Å²) in [4.78, 5) is 0. The van der Waals surface area contributed by atoms with E-state index in [1.807, 2.05) is 0 Å². The van der Waals surface area contributed by atoms with Gasteiger partial charge in [-0.25, -0.2) is 0 Å². The van der Waals surface area contributed by atoms with Crippen LogP contribution in [0.2, 0.25) is 0 Å². The minimum absolute atomic E-state index is 0.169. The molecule has 0 saturated heterocycles. The molecule has 0 aromatic heterocycles. The van der Waals surface area contributed by atoms with E-state index in [0.717, 1.165) is 0 Å². The van der Waals surface area contributed by atoms with E-state index in [1.54, 1.807) is 0 Å². The molecule has 0 N–H and O–H groups in total. The van der Waals surface area contributed by atoms with Gasteiger partial charge >= 0.3 is 18.5 Å². The van der Waals surface area contributed by atoms with Crippen molar-refractivity contribution in [3.05, 3.63) is 17.8 Å². The van der Waals surface area contributed by atoms with Crippen LogP contribution in [0.3, 0.4) is 0 Å². The number of rotatable bonds is 0. The topological polar surface area (TPSA) is 39.0 Å². The predicted octanol–water partition coefficient (Wildman–Crippen LogP) is 0.0710.